The number of hydrogen-bond acceptors (Lipinski definition) is 7. The summed E-state index contributed by atoms with van der Waals surface area (Å²) in [5.74, 6) is 0.0689. The van der Waals surface area contributed by atoms with Crippen molar-refractivity contribution in [1.29, 1.82) is 5.26 Å². The molecule has 0 atom stereocenters. The number of rotatable bonds is 4. The second-order valence-corrected chi connectivity index (χ2v) is 6.51. The van der Waals surface area contributed by atoms with Crippen molar-refractivity contribution in [3.63, 3.8) is 0 Å². The lowest BCUT2D eigenvalue weighted by Gasteiger charge is -2.35. The van der Waals surface area contributed by atoms with Crippen LogP contribution in [0.4, 0.5) is 21.6 Å². The Morgan fingerprint density at radius 1 is 1.07 bits per heavy atom. The molecule has 3 aromatic rings. The summed E-state index contributed by atoms with van der Waals surface area (Å²) >= 11 is 0. The van der Waals surface area contributed by atoms with Gasteiger partial charge in [-0.05, 0) is 30.3 Å². The fourth-order valence-corrected chi connectivity index (χ4v) is 3.35. The highest BCUT2D eigenvalue weighted by Crippen LogP contribution is 2.34. The van der Waals surface area contributed by atoms with Crippen LogP contribution >= 0.6 is 0 Å². The number of anilines is 2. The summed E-state index contributed by atoms with van der Waals surface area (Å²) < 4.78 is 18.9. The molecule has 0 amide bonds. The fourth-order valence-electron chi connectivity index (χ4n) is 3.35. The van der Waals surface area contributed by atoms with Gasteiger partial charge in [-0.2, -0.15) is 10.2 Å². The van der Waals surface area contributed by atoms with Crippen LogP contribution in [0.5, 0.6) is 0 Å². The van der Waals surface area contributed by atoms with E-state index < -0.39 is 4.92 Å². The van der Waals surface area contributed by atoms with Crippen LogP contribution in [0.1, 0.15) is 5.69 Å². The first kappa shape index (κ1) is 18.4. The standard InChI is InChI=1S/C20H16FN5O3/c21-14-5-7-15(8-6-14)24-9-11-25(12-10-24)20-17(13-22)23-19(29-20)16-3-1-2-4-18(16)26(27)28/h1-8H,9-12H2. The van der Waals surface area contributed by atoms with Crippen LogP contribution in [0.2, 0.25) is 0 Å². The van der Waals surface area contributed by atoms with Crippen LogP contribution in [0.15, 0.2) is 52.9 Å². The summed E-state index contributed by atoms with van der Waals surface area (Å²) in [6.07, 6.45) is 0. The normalized spacial score (nSPS) is 13.9. The van der Waals surface area contributed by atoms with E-state index in [9.17, 15) is 19.8 Å². The minimum Gasteiger partial charge on any atom is -0.419 e. The third-order valence-corrected chi connectivity index (χ3v) is 4.80. The molecule has 0 spiro atoms. The van der Waals surface area contributed by atoms with Crippen molar-refractivity contribution in [2.24, 2.45) is 0 Å². The highest BCUT2D eigenvalue weighted by molar-refractivity contribution is 5.69. The van der Waals surface area contributed by atoms with Crippen molar-refractivity contribution in [2.45, 2.75) is 0 Å². The maximum atomic E-state index is 13.1. The number of para-hydroxylation sites is 1. The van der Waals surface area contributed by atoms with Gasteiger partial charge in [0.25, 0.3) is 5.69 Å². The molecular weight excluding hydrogens is 377 g/mol. The van der Waals surface area contributed by atoms with Gasteiger partial charge < -0.3 is 14.2 Å². The third-order valence-electron chi connectivity index (χ3n) is 4.80. The van der Waals surface area contributed by atoms with E-state index in [0.29, 0.717) is 32.1 Å². The highest BCUT2D eigenvalue weighted by atomic mass is 19.1. The maximum absolute atomic E-state index is 13.1. The van der Waals surface area contributed by atoms with Crippen LogP contribution < -0.4 is 9.80 Å². The molecule has 0 unspecified atom stereocenters. The van der Waals surface area contributed by atoms with E-state index in [1.54, 1.807) is 30.3 Å². The Bertz CT molecular complexity index is 1080. The lowest BCUT2D eigenvalue weighted by atomic mass is 10.2. The zero-order chi connectivity index (χ0) is 20.4. The van der Waals surface area contributed by atoms with Gasteiger partial charge >= 0.3 is 0 Å². The Morgan fingerprint density at radius 3 is 2.38 bits per heavy atom. The number of halogens is 1. The first-order valence-corrected chi connectivity index (χ1v) is 8.97. The van der Waals surface area contributed by atoms with E-state index in [2.05, 4.69) is 9.88 Å². The first-order valence-electron chi connectivity index (χ1n) is 8.97. The fraction of sp³-hybridized carbons (Fsp3) is 0.200. The number of aromatic nitrogens is 1. The van der Waals surface area contributed by atoms with Crippen molar-refractivity contribution in [1.82, 2.24) is 4.98 Å². The van der Waals surface area contributed by atoms with E-state index in [1.165, 1.54) is 18.2 Å². The maximum Gasteiger partial charge on any atom is 0.282 e. The minimum atomic E-state index is -0.507. The van der Waals surface area contributed by atoms with Gasteiger partial charge in [0.2, 0.25) is 17.5 Å². The molecular formula is C20H16FN5O3. The van der Waals surface area contributed by atoms with Crippen molar-refractivity contribution in [3.8, 4) is 17.5 Å². The van der Waals surface area contributed by atoms with Gasteiger partial charge in [0.05, 0.1) is 4.92 Å². The molecule has 1 fully saturated rings. The van der Waals surface area contributed by atoms with Gasteiger partial charge in [-0.3, -0.25) is 10.1 Å². The molecule has 29 heavy (non-hydrogen) atoms. The smallest absolute Gasteiger partial charge is 0.282 e. The van der Waals surface area contributed by atoms with Crippen molar-refractivity contribution in [2.75, 3.05) is 36.0 Å². The zero-order valence-corrected chi connectivity index (χ0v) is 15.3. The quantitative estimate of drug-likeness (QED) is 0.493. The molecule has 4 rings (SSSR count). The van der Waals surface area contributed by atoms with E-state index in [4.69, 9.17) is 4.42 Å². The van der Waals surface area contributed by atoms with E-state index in [-0.39, 0.29) is 28.7 Å². The summed E-state index contributed by atoms with van der Waals surface area (Å²) in [5, 5.41) is 20.7. The summed E-state index contributed by atoms with van der Waals surface area (Å²) in [6.45, 7) is 2.44. The molecule has 1 aliphatic rings. The lowest BCUT2D eigenvalue weighted by molar-refractivity contribution is -0.384. The topological polar surface area (TPSA) is 99.4 Å². The van der Waals surface area contributed by atoms with E-state index in [1.807, 2.05) is 11.0 Å². The van der Waals surface area contributed by atoms with Gasteiger partial charge in [-0.15, -0.1) is 0 Å². The molecule has 2 heterocycles. The largest absolute Gasteiger partial charge is 0.419 e. The number of nitro benzene ring substituents is 1. The first-order chi connectivity index (χ1) is 14.1. The van der Waals surface area contributed by atoms with E-state index >= 15 is 0 Å². The highest BCUT2D eigenvalue weighted by Gasteiger charge is 2.27. The second kappa shape index (κ2) is 7.59. The van der Waals surface area contributed by atoms with Crippen LogP contribution in [-0.2, 0) is 0 Å². The average Bonchev–Trinajstić information content (AvgIpc) is 3.19. The van der Waals surface area contributed by atoms with Crippen molar-refractivity contribution < 1.29 is 13.7 Å². The molecule has 2 aromatic carbocycles. The Labute approximate surface area is 165 Å². The molecule has 9 heteroatoms. The number of nitriles is 1. The van der Waals surface area contributed by atoms with Crippen LogP contribution in [-0.4, -0.2) is 36.1 Å². The zero-order valence-electron chi connectivity index (χ0n) is 15.3. The van der Waals surface area contributed by atoms with E-state index in [0.717, 1.165) is 5.69 Å². The van der Waals surface area contributed by atoms with Gasteiger partial charge in [0.1, 0.15) is 17.4 Å². The number of piperazine rings is 1. The number of benzene rings is 2. The van der Waals surface area contributed by atoms with Crippen molar-refractivity contribution >= 4 is 17.3 Å². The number of nitrogens with zero attached hydrogens (tertiary/aromatic N) is 5. The summed E-state index contributed by atoms with van der Waals surface area (Å²) in [7, 11) is 0. The number of oxazole rings is 1. The number of hydrogen-bond donors (Lipinski definition) is 0. The Morgan fingerprint density at radius 2 is 1.72 bits per heavy atom. The predicted molar refractivity (Wildman–Crippen MR) is 104 cm³/mol. The van der Waals surface area contributed by atoms with Crippen LogP contribution in [0, 0.1) is 27.3 Å². The monoisotopic (exact) mass is 393 g/mol. The molecule has 1 aromatic heterocycles. The third kappa shape index (κ3) is 3.60. The molecule has 0 N–H and O–H groups in total. The summed E-state index contributed by atoms with van der Waals surface area (Å²) in [4.78, 5) is 19.0. The summed E-state index contributed by atoms with van der Waals surface area (Å²) in [6, 6.07) is 14.4. The predicted octanol–water partition coefficient (Wildman–Crippen LogP) is 3.59. The number of nitro groups is 1. The molecule has 0 bridgehead atoms. The van der Waals surface area contributed by atoms with Crippen LogP contribution in [0.3, 0.4) is 0 Å². The molecule has 1 saturated heterocycles. The molecule has 1 aliphatic heterocycles. The Balaban J connectivity index is 1.57. The van der Waals surface area contributed by atoms with Crippen molar-refractivity contribution in [3.05, 3.63) is 70.2 Å². The average molecular weight is 393 g/mol. The van der Waals surface area contributed by atoms with Gasteiger partial charge in [-0.25, -0.2) is 4.39 Å². The Hall–Kier alpha value is -3.93. The van der Waals surface area contributed by atoms with Gasteiger partial charge in [0, 0.05) is 37.9 Å². The molecule has 0 radical (unpaired) electrons. The van der Waals surface area contributed by atoms with Gasteiger partial charge in [0.15, 0.2) is 0 Å². The second-order valence-electron chi connectivity index (χ2n) is 6.51. The van der Waals surface area contributed by atoms with Gasteiger partial charge in [-0.1, -0.05) is 12.1 Å². The van der Waals surface area contributed by atoms with Crippen LogP contribution in [0.25, 0.3) is 11.5 Å². The molecule has 0 saturated carbocycles. The Kier molecular flexibility index (Phi) is 4.83. The lowest BCUT2D eigenvalue weighted by Crippen LogP contribution is -2.46. The molecule has 146 valence electrons. The molecule has 8 nitrogen and oxygen atoms in total. The molecule has 0 aliphatic carbocycles. The SMILES string of the molecule is N#Cc1nc(-c2ccccc2[N+](=O)[O-])oc1N1CCN(c2ccc(F)cc2)CC1. The minimum absolute atomic E-state index is 0.0461. The summed E-state index contributed by atoms with van der Waals surface area (Å²) in [5.41, 5.74) is 1.11.